The third-order valence-corrected chi connectivity index (χ3v) is 5.70. The zero-order valence-corrected chi connectivity index (χ0v) is 18.5. The Hall–Kier alpha value is -2.89. The average molecular weight is 468 g/mol. The van der Waals surface area contributed by atoms with Crippen molar-refractivity contribution in [2.75, 3.05) is 23.7 Å². The largest absolute Gasteiger partial charge is 0.525 e. The van der Waals surface area contributed by atoms with E-state index in [0.29, 0.717) is 41.1 Å². The number of hydroxylamine groups is 2. The van der Waals surface area contributed by atoms with Gasteiger partial charge >= 0.3 is 12.2 Å². The lowest BCUT2D eigenvalue weighted by Gasteiger charge is -2.25. The number of carbonyl (C=O) groups excluding carboxylic acids is 2. The summed E-state index contributed by atoms with van der Waals surface area (Å²) in [6.07, 6.45) is -0.309. The quantitative estimate of drug-likeness (QED) is 0.530. The minimum Gasteiger partial charge on any atom is -0.448 e. The van der Waals surface area contributed by atoms with Gasteiger partial charge in [-0.15, -0.1) is 16.4 Å². The molecule has 0 unspecified atom stereocenters. The molecule has 10 nitrogen and oxygen atoms in total. The number of anilines is 2. The Kier molecular flexibility index (Phi) is 6.98. The van der Waals surface area contributed by atoms with Crippen molar-refractivity contribution in [3.05, 3.63) is 39.9 Å². The van der Waals surface area contributed by atoms with Crippen molar-refractivity contribution in [1.29, 1.82) is 0 Å². The van der Waals surface area contributed by atoms with E-state index in [-0.39, 0.29) is 0 Å². The number of fused-ring (bicyclic) bond motifs is 1. The minimum absolute atomic E-state index is 0.344. The Morgan fingerprint density at radius 3 is 2.58 bits per heavy atom. The number of amides is 3. The van der Waals surface area contributed by atoms with Crippen LogP contribution in [0.25, 0.3) is 0 Å². The first kappa shape index (κ1) is 22.8. The maximum atomic E-state index is 12.7. The van der Waals surface area contributed by atoms with Crippen molar-refractivity contribution in [2.45, 2.75) is 32.2 Å². The smallest absolute Gasteiger partial charge is 0.448 e. The highest BCUT2D eigenvalue weighted by molar-refractivity contribution is 7.20. The van der Waals surface area contributed by atoms with E-state index in [9.17, 15) is 14.4 Å². The van der Waals surface area contributed by atoms with Crippen LogP contribution in [-0.2, 0) is 22.5 Å². The van der Waals surface area contributed by atoms with Gasteiger partial charge in [-0.3, -0.25) is 10.1 Å². The summed E-state index contributed by atoms with van der Waals surface area (Å²) in [5.74, 6) is -0.0968. The number of hydrogen-bond donors (Lipinski definition) is 4. The van der Waals surface area contributed by atoms with Crippen LogP contribution in [0.4, 0.5) is 20.4 Å². The summed E-state index contributed by atoms with van der Waals surface area (Å²) < 4.78 is 0.541. The highest BCUT2D eigenvalue weighted by atomic mass is 35.5. The molecule has 3 amide bonds. The number of urea groups is 1. The molecule has 0 radical (unpaired) electrons. The fourth-order valence-electron chi connectivity index (χ4n) is 2.97. The van der Waals surface area contributed by atoms with Crippen LogP contribution in [0.3, 0.4) is 0 Å². The fourth-order valence-corrected chi connectivity index (χ4v) is 3.91. The Labute approximate surface area is 187 Å². The monoisotopic (exact) mass is 467 g/mol. The summed E-state index contributed by atoms with van der Waals surface area (Å²) in [6.45, 7) is 3.94. The highest BCUT2D eigenvalue weighted by Gasteiger charge is 2.30. The molecule has 0 atom stereocenters. The van der Waals surface area contributed by atoms with E-state index in [1.54, 1.807) is 32.0 Å². The van der Waals surface area contributed by atoms with Crippen molar-refractivity contribution in [2.24, 2.45) is 0 Å². The van der Waals surface area contributed by atoms with E-state index in [4.69, 9.17) is 21.5 Å². The molecule has 3 rings (SSSR count). The Morgan fingerprint density at radius 2 is 1.90 bits per heavy atom. The van der Waals surface area contributed by atoms with Gasteiger partial charge in [-0.05, 0) is 44.0 Å². The molecule has 2 aromatic heterocycles. The fraction of sp³-hybridized carbons (Fsp3) is 0.368. The first-order valence-corrected chi connectivity index (χ1v) is 10.6. The summed E-state index contributed by atoms with van der Waals surface area (Å²) in [4.78, 5) is 44.9. The molecular formula is C19H22ClN5O5S. The number of thiophene rings is 1. The molecule has 1 aliphatic heterocycles. The summed E-state index contributed by atoms with van der Waals surface area (Å²) in [5.41, 5.74) is 0.499. The topological polar surface area (TPSA) is 133 Å². The second kappa shape index (κ2) is 9.50. The van der Waals surface area contributed by atoms with Crippen LogP contribution in [0.1, 0.15) is 25.1 Å². The molecule has 166 valence electrons. The van der Waals surface area contributed by atoms with Gasteiger partial charge in [0.2, 0.25) is 0 Å². The molecule has 0 saturated heterocycles. The van der Waals surface area contributed by atoms with Crippen LogP contribution < -0.4 is 16.0 Å². The van der Waals surface area contributed by atoms with E-state index in [2.05, 4.69) is 20.9 Å². The van der Waals surface area contributed by atoms with Gasteiger partial charge in [-0.25, -0.2) is 14.6 Å². The number of nitrogens with one attached hydrogen (secondary N) is 3. The Balaban J connectivity index is 1.60. The zero-order chi connectivity index (χ0) is 22.6. The summed E-state index contributed by atoms with van der Waals surface area (Å²) in [5, 5.41) is 18.7. The second-order valence-corrected chi connectivity index (χ2v) is 9.07. The SMILES string of the molecule is CC(C)(NC(=O)Nc1ccc(Cl)s1)C(=O)Nc1ccc2c(n1)CCN(OC(=O)O)CC2. The van der Waals surface area contributed by atoms with Gasteiger partial charge in [0.15, 0.2) is 0 Å². The molecule has 0 bridgehead atoms. The van der Waals surface area contributed by atoms with Gasteiger partial charge in [0.1, 0.15) is 11.4 Å². The second-order valence-electron chi connectivity index (χ2n) is 7.35. The zero-order valence-electron chi connectivity index (χ0n) is 16.9. The molecule has 12 heteroatoms. The predicted molar refractivity (Wildman–Crippen MR) is 117 cm³/mol. The predicted octanol–water partition coefficient (Wildman–Crippen LogP) is 3.35. The van der Waals surface area contributed by atoms with E-state index in [1.165, 1.54) is 16.4 Å². The number of rotatable bonds is 5. The first-order valence-electron chi connectivity index (χ1n) is 9.43. The van der Waals surface area contributed by atoms with E-state index in [0.717, 1.165) is 11.3 Å². The van der Waals surface area contributed by atoms with Crippen molar-refractivity contribution in [3.8, 4) is 0 Å². The lowest BCUT2D eigenvalue weighted by atomic mass is 10.0. The molecular weight excluding hydrogens is 446 g/mol. The number of carbonyl (C=O) groups is 3. The highest BCUT2D eigenvalue weighted by Crippen LogP contribution is 2.26. The standard InChI is InChI=1S/C19H22ClN5O5S/c1-19(2,24-17(27)23-15-6-4-13(20)31-15)16(26)22-14-5-3-11-7-9-25(30-18(28)29)10-8-12(11)21-14/h3-6H,7-10H2,1-2H3,(H,28,29)(H,21,22,26)(H2,23,24,27). The number of pyridine rings is 1. The number of hydrogen-bond acceptors (Lipinski definition) is 7. The van der Waals surface area contributed by atoms with E-state index in [1.807, 2.05) is 6.07 Å². The van der Waals surface area contributed by atoms with Crippen molar-refractivity contribution < 1.29 is 24.3 Å². The lowest BCUT2D eigenvalue weighted by molar-refractivity contribution is -0.120. The molecule has 31 heavy (non-hydrogen) atoms. The number of carboxylic acid groups (broad SMARTS) is 1. The maximum absolute atomic E-state index is 12.7. The summed E-state index contributed by atoms with van der Waals surface area (Å²) in [6, 6.07) is 6.31. The van der Waals surface area contributed by atoms with Gasteiger partial charge in [-0.1, -0.05) is 17.7 Å². The van der Waals surface area contributed by atoms with Crippen LogP contribution in [-0.4, -0.2) is 51.9 Å². The molecule has 0 fully saturated rings. The van der Waals surface area contributed by atoms with Gasteiger partial charge < -0.3 is 20.6 Å². The van der Waals surface area contributed by atoms with Crippen LogP contribution in [0.5, 0.6) is 0 Å². The molecule has 1 aliphatic rings. The normalized spacial score (nSPS) is 14.2. The average Bonchev–Trinajstić information content (AvgIpc) is 2.97. The van der Waals surface area contributed by atoms with E-state index < -0.39 is 23.6 Å². The molecule has 0 spiro atoms. The van der Waals surface area contributed by atoms with Crippen molar-refractivity contribution >= 4 is 51.9 Å². The van der Waals surface area contributed by atoms with Gasteiger partial charge in [0, 0.05) is 25.2 Å². The molecule has 0 aliphatic carbocycles. The Morgan fingerprint density at radius 1 is 1.16 bits per heavy atom. The molecule has 2 aromatic rings. The maximum Gasteiger partial charge on any atom is 0.525 e. The minimum atomic E-state index is -1.35. The van der Waals surface area contributed by atoms with Crippen LogP contribution in [0.2, 0.25) is 4.34 Å². The molecule has 4 N–H and O–H groups in total. The first-order chi connectivity index (χ1) is 14.6. The van der Waals surface area contributed by atoms with Gasteiger partial charge in [-0.2, -0.15) is 0 Å². The molecule has 0 saturated carbocycles. The van der Waals surface area contributed by atoms with Gasteiger partial charge in [0.05, 0.1) is 9.34 Å². The van der Waals surface area contributed by atoms with E-state index >= 15 is 0 Å². The molecule has 3 heterocycles. The number of halogens is 1. The number of aromatic nitrogens is 1. The molecule has 0 aromatic carbocycles. The van der Waals surface area contributed by atoms with Gasteiger partial charge in [0.25, 0.3) is 5.91 Å². The third-order valence-electron chi connectivity index (χ3n) is 4.55. The van der Waals surface area contributed by atoms with Crippen molar-refractivity contribution in [3.63, 3.8) is 0 Å². The Bertz CT molecular complexity index is 996. The van der Waals surface area contributed by atoms with Crippen LogP contribution in [0, 0.1) is 0 Å². The lowest BCUT2D eigenvalue weighted by Crippen LogP contribution is -2.53. The number of nitrogens with zero attached hydrogens (tertiary/aromatic N) is 2. The van der Waals surface area contributed by atoms with Crippen molar-refractivity contribution in [1.82, 2.24) is 15.4 Å². The summed E-state index contributed by atoms with van der Waals surface area (Å²) >= 11 is 7.06. The third kappa shape index (κ3) is 6.29. The van der Waals surface area contributed by atoms with Crippen LogP contribution in [0.15, 0.2) is 24.3 Å². The summed E-state index contributed by atoms with van der Waals surface area (Å²) in [7, 11) is 0. The van der Waals surface area contributed by atoms with Crippen LogP contribution >= 0.6 is 22.9 Å².